The molecule has 1 amide bonds. The van der Waals surface area contributed by atoms with Crippen LogP contribution in [0, 0.1) is 10.1 Å². The van der Waals surface area contributed by atoms with Crippen LogP contribution in [0.4, 0.5) is 24.5 Å². The van der Waals surface area contributed by atoms with Crippen molar-refractivity contribution in [3.8, 4) is 0 Å². The Labute approximate surface area is 144 Å². The van der Waals surface area contributed by atoms with Crippen LogP contribution in [0.15, 0.2) is 48.5 Å². The molecule has 0 aliphatic rings. The van der Waals surface area contributed by atoms with E-state index in [0.29, 0.717) is 11.6 Å². The SMILES string of the molecule is O=C(O)c1ccc(N(Cc2ccccc2)C(=O)C(F)(F)F)c([N+](=O)[O-])c1. The molecule has 2 aromatic carbocycles. The molecule has 2 rings (SSSR count). The Balaban J connectivity index is 2.59. The lowest BCUT2D eigenvalue weighted by molar-refractivity contribution is -0.384. The molecule has 10 heteroatoms. The van der Waals surface area contributed by atoms with Crippen molar-refractivity contribution in [2.75, 3.05) is 4.90 Å². The molecule has 0 aromatic heterocycles. The zero-order valence-corrected chi connectivity index (χ0v) is 12.9. The minimum atomic E-state index is -5.27. The molecule has 0 unspecified atom stereocenters. The number of carboxylic acids is 1. The summed E-state index contributed by atoms with van der Waals surface area (Å²) in [5.41, 5.74) is -1.74. The first-order valence-electron chi connectivity index (χ1n) is 7.05. The van der Waals surface area contributed by atoms with Crippen molar-refractivity contribution in [3.05, 3.63) is 69.8 Å². The summed E-state index contributed by atoms with van der Waals surface area (Å²) in [6.45, 7) is -0.577. The van der Waals surface area contributed by atoms with Crippen molar-refractivity contribution >= 4 is 23.3 Å². The number of halogens is 3. The molecule has 1 N–H and O–H groups in total. The van der Waals surface area contributed by atoms with Crippen molar-refractivity contribution in [1.29, 1.82) is 0 Å². The molecule has 2 aromatic rings. The lowest BCUT2D eigenvalue weighted by atomic mass is 10.1. The van der Waals surface area contributed by atoms with E-state index in [0.717, 1.165) is 12.1 Å². The number of amides is 1. The number of benzene rings is 2. The smallest absolute Gasteiger partial charge is 0.471 e. The van der Waals surface area contributed by atoms with Gasteiger partial charge in [0.05, 0.1) is 17.0 Å². The van der Waals surface area contributed by atoms with E-state index in [-0.39, 0.29) is 4.90 Å². The van der Waals surface area contributed by atoms with E-state index < -0.39 is 46.5 Å². The van der Waals surface area contributed by atoms with Gasteiger partial charge in [-0.25, -0.2) is 4.79 Å². The summed E-state index contributed by atoms with van der Waals surface area (Å²) in [7, 11) is 0. The van der Waals surface area contributed by atoms with Gasteiger partial charge in [-0.15, -0.1) is 0 Å². The molecular formula is C16H11F3N2O5. The highest BCUT2D eigenvalue weighted by Crippen LogP contribution is 2.33. The molecule has 0 atom stereocenters. The van der Waals surface area contributed by atoms with E-state index >= 15 is 0 Å². The summed E-state index contributed by atoms with van der Waals surface area (Å²) in [6, 6.07) is 9.91. The van der Waals surface area contributed by atoms with E-state index in [1.165, 1.54) is 24.3 Å². The lowest BCUT2D eigenvalue weighted by Gasteiger charge is -2.24. The van der Waals surface area contributed by atoms with Gasteiger partial charge in [0.1, 0.15) is 5.69 Å². The average molecular weight is 368 g/mol. The number of nitro benzene ring substituents is 1. The van der Waals surface area contributed by atoms with Crippen LogP contribution in [-0.4, -0.2) is 28.1 Å². The summed E-state index contributed by atoms with van der Waals surface area (Å²) < 4.78 is 38.9. The number of alkyl halides is 3. The predicted octanol–water partition coefficient (Wildman–Crippen LogP) is 3.39. The molecule has 0 bridgehead atoms. The molecule has 0 aliphatic heterocycles. The van der Waals surface area contributed by atoms with Crippen LogP contribution in [0.25, 0.3) is 0 Å². The van der Waals surface area contributed by atoms with E-state index in [1.807, 2.05) is 0 Å². The summed E-state index contributed by atoms with van der Waals surface area (Å²) in [6.07, 6.45) is -5.27. The van der Waals surface area contributed by atoms with Gasteiger partial charge in [-0.05, 0) is 17.7 Å². The maximum Gasteiger partial charge on any atom is 0.471 e. The van der Waals surface area contributed by atoms with E-state index in [9.17, 15) is 32.9 Å². The number of aromatic carboxylic acids is 1. The third-order valence-corrected chi connectivity index (χ3v) is 3.38. The first-order valence-corrected chi connectivity index (χ1v) is 7.05. The van der Waals surface area contributed by atoms with Gasteiger partial charge in [0.2, 0.25) is 0 Å². The largest absolute Gasteiger partial charge is 0.478 e. The molecule has 0 spiro atoms. The highest BCUT2D eigenvalue weighted by atomic mass is 19.4. The Morgan fingerprint density at radius 2 is 1.73 bits per heavy atom. The van der Waals surface area contributed by atoms with Crippen LogP contribution in [0.2, 0.25) is 0 Å². The maximum absolute atomic E-state index is 13.0. The monoisotopic (exact) mass is 368 g/mol. The number of carbonyl (C=O) groups is 2. The Kier molecular flexibility index (Phi) is 5.24. The topological polar surface area (TPSA) is 101 Å². The van der Waals surface area contributed by atoms with Crippen LogP contribution in [0.5, 0.6) is 0 Å². The van der Waals surface area contributed by atoms with Gasteiger partial charge in [0, 0.05) is 6.07 Å². The van der Waals surface area contributed by atoms with Gasteiger partial charge in [0.25, 0.3) is 5.69 Å². The molecule has 0 aliphatic carbocycles. The van der Waals surface area contributed by atoms with Gasteiger partial charge in [-0.3, -0.25) is 19.8 Å². The fraction of sp³-hybridized carbons (Fsp3) is 0.125. The molecule has 7 nitrogen and oxygen atoms in total. The Morgan fingerprint density at radius 1 is 1.12 bits per heavy atom. The van der Waals surface area contributed by atoms with Crippen molar-refractivity contribution in [2.24, 2.45) is 0 Å². The summed E-state index contributed by atoms with van der Waals surface area (Å²) >= 11 is 0. The van der Waals surface area contributed by atoms with E-state index in [2.05, 4.69) is 0 Å². The van der Waals surface area contributed by atoms with Crippen LogP contribution in [0.3, 0.4) is 0 Å². The molecule has 0 heterocycles. The fourth-order valence-electron chi connectivity index (χ4n) is 2.22. The van der Waals surface area contributed by atoms with E-state index in [4.69, 9.17) is 5.11 Å². The fourth-order valence-corrected chi connectivity index (χ4v) is 2.22. The first kappa shape index (κ1) is 18.9. The number of anilines is 1. The molecule has 0 fully saturated rings. The quantitative estimate of drug-likeness (QED) is 0.644. The maximum atomic E-state index is 13.0. The van der Waals surface area contributed by atoms with Crippen molar-refractivity contribution in [2.45, 2.75) is 12.7 Å². The zero-order valence-electron chi connectivity index (χ0n) is 12.9. The van der Waals surface area contributed by atoms with E-state index in [1.54, 1.807) is 6.07 Å². The number of carboxylic acid groups (broad SMARTS) is 1. The van der Waals surface area contributed by atoms with Gasteiger partial charge < -0.3 is 5.11 Å². The second-order valence-electron chi connectivity index (χ2n) is 5.14. The highest BCUT2D eigenvalue weighted by Gasteiger charge is 2.44. The summed E-state index contributed by atoms with van der Waals surface area (Å²) in [5, 5.41) is 20.1. The van der Waals surface area contributed by atoms with Crippen LogP contribution in [0.1, 0.15) is 15.9 Å². The molecule has 136 valence electrons. The first-order chi connectivity index (χ1) is 12.1. The predicted molar refractivity (Wildman–Crippen MR) is 83.7 cm³/mol. The summed E-state index contributed by atoms with van der Waals surface area (Å²) in [5.74, 6) is -3.79. The zero-order chi connectivity index (χ0) is 19.5. The van der Waals surface area contributed by atoms with Crippen LogP contribution < -0.4 is 4.90 Å². The standard InChI is InChI=1S/C16H11F3N2O5/c17-16(18,19)15(24)20(9-10-4-2-1-3-5-10)12-7-6-11(14(22)23)8-13(12)21(25)26/h1-8H,9H2,(H,22,23). The van der Waals surface area contributed by atoms with Crippen LogP contribution >= 0.6 is 0 Å². The number of carbonyl (C=O) groups excluding carboxylic acids is 1. The Bertz CT molecular complexity index is 853. The van der Waals surface area contributed by atoms with Crippen LogP contribution in [-0.2, 0) is 11.3 Å². The lowest BCUT2D eigenvalue weighted by Crippen LogP contribution is -2.41. The Hall–Kier alpha value is -3.43. The number of nitrogens with zero attached hydrogens (tertiary/aromatic N) is 2. The second kappa shape index (κ2) is 7.21. The third kappa shape index (κ3) is 4.15. The van der Waals surface area contributed by atoms with Crippen molar-refractivity contribution in [3.63, 3.8) is 0 Å². The molecule has 0 saturated carbocycles. The second-order valence-corrected chi connectivity index (χ2v) is 5.14. The molecule has 0 radical (unpaired) electrons. The summed E-state index contributed by atoms with van der Waals surface area (Å²) in [4.78, 5) is 33.2. The molecule has 0 saturated heterocycles. The number of nitro groups is 1. The van der Waals surface area contributed by atoms with Gasteiger partial charge in [0.15, 0.2) is 0 Å². The van der Waals surface area contributed by atoms with Gasteiger partial charge >= 0.3 is 18.1 Å². The normalized spacial score (nSPS) is 11.0. The number of hydrogen-bond acceptors (Lipinski definition) is 4. The molecular weight excluding hydrogens is 357 g/mol. The average Bonchev–Trinajstić information content (AvgIpc) is 2.58. The highest BCUT2D eigenvalue weighted by molar-refractivity contribution is 6.00. The van der Waals surface area contributed by atoms with Gasteiger partial charge in [-0.2, -0.15) is 13.2 Å². The minimum absolute atomic E-state index is 0.207. The third-order valence-electron chi connectivity index (χ3n) is 3.38. The van der Waals surface area contributed by atoms with Gasteiger partial charge in [-0.1, -0.05) is 30.3 Å². The number of rotatable bonds is 5. The Morgan fingerprint density at radius 3 is 2.23 bits per heavy atom. The minimum Gasteiger partial charge on any atom is -0.478 e. The van der Waals surface area contributed by atoms with Crippen molar-refractivity contribution < 1.29 is 32.8 Å². The molecule has 26 heavy (non-hydrogen) atoms. The van der Waals surface area contributed by atoms with Crippen molar-refractivity contribution in [1.82, 2.24) is 0 Å². The number of hydrogen-bond donors (Lipinski definition) is 1.